The first kappa shape index (κ1) is 11.1. The van der Waals surface area contributed by atoms with Crippen molar-refractivity contribution in [3.63, 3.8) is 0 Å². The molecule has 0 atom stereocenters. The molecule has 84 valence electrons. The number of rotatable bonds is 2. The highest BCUT2D eigenvalue weighted by Crippen LogP contribution is 2.22. The van der Waals surface area contributed by atoms with Gasteiger partial charge in [0.05, 0.1) is 11.8 Å². The van der Waals surface area contributed by atoms with Crippen LogP contribution < -0.4 is 0 Å². The van der Waals surface area contributed by atoms with Crippen LogP contribution in [0.2, 0.25) is 0 Å². The number of aromatic nitrogens is 2. The Morgan fingerprint density at radius 1 is 1.44 bits per heavy atom. The molecule has 16 heavy (non-hydrogen) atoms. The van der Waals surface area contributed by atoms with E-state index in [1.165, 1.54) is 0 Å². The summed E-state index contributed by atoms with van der Waals surface area (Å²) in [5, 5.41) is 0. The van der Waals surface area contributed by atoms with Crippen LogP contribution in [0.15, 0.2) is 16.7 Å². The molecule has 0 saturated carbocycles. The Bertz CT molecular complexity index is 569. The van der Waals surface area contributed by atoms with Crippen LogP contribution in [-0.4, -0.2) is 9.97 Å². The van der Waals surface area contributed by atoms with Crippen molar-refractivity contribution in [2.24, 2.45) is 0 Å². The number of nitrogens with zero attached hydrogens (tertiary/aromatic N) is 1. The third-order valence-corrected chi connectivity index (χ3v) is 3.12. The fraction of sp³-hybridized carbons (Fsp3) is 0.333. The van der Waals surface area contributed by atoms with E-state index < -0.39 is 0 Å². The first-order valence-corrected chi connectivity index (χ1v) is 5.68. The van der Waals surface area contributed by atoms with Crippen molar-refractivity contribution in [2.75, 3.05) is 0 Å². The molecule has 0 amide bonds. The molecular formula is C12H14N2OS. The molecule has 0 unspecified atom stereocenters. The van der Waals surface area contributed by atoms with Gasteiger partial charge in [0.2, 0.25) is 0 Å². The maximum Gasteiger partial charge on any atom is 0.142 e. The van der Waals surface area contributed by atoms with Gasteiger partial charge in [-0.25, -0.2) is 4.98 Å². The van der Waals surface area contributed by atoms with Gasteiger partial charge in [0.15, 0.2) is 0 Å². The normalized spacial score (nSPS) is 10.7. The van der Waals surface area contributed by atoms with E-state index in [2.05, 4.69) is 16.9 Å². The lowest BCUT2D eigenvalue weighted by Crippen LogP contribution is -1.99. The number of H-pyrrole nitrogens is 1. The van der Waals surface area contributed by atoms with Crippen LogP contribution in [0.4, 0.5) is 0 Å². The second kappa shape index (κ2) is 4.22. The minimum atomic E-state index is 0.659. The van der Waals surface area contributed by atoms with Crippen LogP contribution in [0, 0.1) is 18.5 Å². The third-order valence-electron chi connectivity index (χ3n) is 2.72. The molecule has 4 heteroatoms. The molecule has 1 N–H and O–H groups in total. The van der Waals surface area contributed by atoms with Crippen molar-refractivity contribution in [2.45, 2.75) is 27.2 Å². The zero-order valence-corrected chi connectivity index (χ0v) is 10.4. The number of hydrogen-bond donors (Lipinski definition) is 1. The molecule has 0 aliphatic heterocycles. The van der Waals surface area contributed by atoms with Gasteiger partial charge in [-0.3, -0.25) is 0 Å². The predicted octanol–water partition coefficient (Wildman–Crippen LogP) is 3.58. The Hall–Kier alpha value is -1.42. The lowest BCUT2D eigenvalue weighted by molar-refractivity contribution is 0.535. The number of hydrogen-bond acceptors (Lipinski definition) is 3. The van der Waals surface area contributed by atoms with E-state index in [0.29, 0.717) is 4.64 Å². The summed E-state index contributed by atoms with van der Waals surface area (Å²) < 4.78 is 5.93. The van der Waals surface area contributed by atoms with E-state index in [-0.39, 0.29) is 0 Å². The standard InChI is InChI=1S/C12H14N2OS/c1-4-10-7(2)12(16)14-11(13-10)9-5-6-15-8(9)3/h5-6H,4H2,1-3H3,(H,13,14,16). The molecular weight excluding hydrogens is 220 g/mol. The molecule has 3 nitrogen and oxygen atoms in total. The highest BCUT2D eigenvalue weighted by Gasteiger charge is 2.09. The molecule has 2 aromatic rings. The summed E-state index contributed by atoms with van der Waals surface area (Å²) in [7, 11) is 0. The summed E-state index contributed by atoms with van der Waals surface area (Å²) in [5.74, 6) is 1.64. The van der Waals surface area contributed by atoms with Crippen LogP contribution in [0.3, 0.4) is 0 Å². The predicted molar refractivity (Wildman–Crippen MR) is 66.0 cm³/mol. The highest BCUT2D eigenvalue weighted by atomic mass is 32.1. The van der Waals surface area contributed by atoms with E-state index in [0.717, 1.165) is 34.8 Å². The maximum absolute atomic E-state index is 5.27. The molecule has 0 bridgehead atoms. The van der Waals surface area contributed by atoms with Gasteiger partial charge >= 0.3 is 0 Å². The SMILES string of the molecule is CCc1[nH]c(-c2ccoc2C)nc(=S)c1C. The first-order chi connectivity index (χ1) is 7.63. The monoisotopic (exact) mass is 234 g/mol. The van der Waals surface area contributed by atoms with Crippen LogP contribution in [0.1, 0.15) is 23.9 Å². The third kappa shape index (κ3) is 1.80. The van der Waals surface area contributed by atoms with E-state index in [1.54, 1.807) is 6.26 Å². The number of nitrogens with one attached hydrogen (secondary N) is 1. The van der Waals surface area contributed by atoms with Gasteiger partial charge in [0.1, 0.15) is 16.2 Å². The van der Waals surface area contributed by atoms with Gasteiger partial charge in [0.25, 0.3) is 0 Å². The molecule has 0 aromatic carbocycles. The van der Waals surface area contributed by atoms with Gasteiger partial charge in [-0.2, -0.15) is 0 Å². The van der Waals surface area contributed by atoms with Crippen LogP contribution in [-0.2, 0) is 6.42 Å². The molecule has 2 rings (SSSR count). The topological polar surface area (TPSA) is 41.8 Å². The summed E-state index contributed by atoms with van der Waals surface area (Å²) in [5.41, 5.74) is 3.17. The average molecular weight is 234 g/mol. The van der Waals surface area contributed by atoms with Gasteiger partial charge in [-0.1, -0.05) is 19.1 Å². The largest absolute Gasteiger partial charge is 0.469 e. The van der Waals surface area contributed by atoms with E-state index >= 15 is 0 Å². The second-order valence-corrected chi connectivity index (χ2v) is 4.12. The quantitative estimate of drug-likeness (QED) is 0.807. The summed E-state index contributed by atoms with van der Waals surface area (Å²) in [6, 6.07) is 1.90. The molecule has 0 fully saturated rings. The molecule has 0 aliphatic rings. The Kier molecular flexibility index (Phi) is 2.92. The summed E-state index contributed by atoms with van der Waals surface area (Å²) >= 11 is 5.25. The molecule has 2 aromatic heterocycles. The molecule has 0 aliphatic carbocycles. The van der Waals surface area contributed by atoms with Crippen molar-refractivity contribution in [1.29, 1.82) is 0 Å². The fourth-order valence-electron chi connectivity index (χ4n) is 1.69. The zero-order chi connectivity index (χ0) is 11.7. The van der Waals surface area contributed by atoms with E-state index in [4.69, 9.17) is 16.6 Å². The van der Waals surface area contributed by atoms with Gasteiger partial charge in [-0.05, 0) is 26.3 Å². The number of furan rings is 1. The summed E-state index contributed by atoms with van der Waals surface area (Å²) in [4.78, 5) is 7.69. The lowest BCUT2D eigenvalue weighted by atomic mass is 10.2. The Morgan fingerprint density at radius 3 is 2.75 bits per heavy atom. The Labute approximate surface area is 99.5 Å². The molecule has 0 saturated heterocycles. The average Bonchev–Trinajstić information content (AvgIpc) is 2.68. The van der Waals surface area contributed by atoms with Crippen molar-refractivity contribution >= 4 is 12.2 Å². The first-order valence-electron chi connectivity index (χ1n) is 5.27. The van der Waals surface area contributed by atoms with Crippen LogP contribution >= 0.6 is 12.2 Å². The molecule has 0 spiro atoms. The van der Waals surface area contributed by atoms with Gasteiger partial charge in [-0.15, -0.1) is 0 Å². The second-order valence-electron chi connectivity index (χ2n) is 3.74. The minimum absolute atomic E-state index is 0.659. The van der Waals surface area contributed by atoms with Crippen molar-refractivity contribution in [3.8, 4) is 11.4 Å². The minimum Gasteiger partial charge on any atom is -0.469 e. The summed E-state index contributed by atoms with van der Waals surface area (Å²) in [6.45, 7) is 6.01. The van der Waals surface area contributed by atoms with Crippen molar-refractivity contribution in [3.05, 3.63) is 34.0 Å². The van der Waals surface area contributed by atoms with Crippen LogP contribution in [0.5, 0.6) is 0 Å². The number of aromatic amines is 1. The van der Waals surface area contributed by atoms with Crippen LogP contribution in [0.25, 0.3) is 11.4 Å². The smallest absolute Gasteiger partial charge is 0.142 e. The van der Waals surface area contributed by atoms with Gasteiger partial charge in [0, 0.05) is 11.3 Å². The van der Waals surface area contributed by atoms with Gasteiger partial charge < -0.3 is 9.40 Å². The summed E-state index contributed by atoms with van der Waals surface area (Å²) in [6.07, 6.45) is 2.58. The lowest BCUT2D eigenvalue weighted by Gasteiger charge is -2.06. The Morgan fingerprint density at radius 2 is 2.19 bits per heavy atom. The fourth-order valence-corrected chi connectivity index (χ4v) is 1.91. The maximum atomic E-state index is 5.27. The number of aryl methyl sites for hydroxylation is 2. The van der Waals surface area contributed by atoms with E-state index in [1.807, 2.05) is 19.9 Å². The van der Waals surface area contributed by atoms with E-state index in [9.17, 15) is 0 Å². The van der Waals surface area contributed by atoms with Crippen molar-refractivity contribution < 1.29 is 4.42 Å². The Balaban J connectivity index is 2.64. The molecule has 2 heterocycles. The molecule has 0 radical (unpaired) electrons. The zero-order valence-electron chi connectivity index (χ0n) is 9.63. The van der Waals surface area contributed by atoms with Crippen molar-refractivity contribution in [1.82, 2.24) is 9.97 Å². The highest BCUT2D eigenvalue weighted by molar-refractivity contribution is 7.71.